The maximum Gasteiger partial charge on any atom is 0.165 e. The smallest absolute Gasteiger partial charge is 0.165 e. The van der Waals surface area contributed by atoms with E-state index in [1.807, 2.05) is 24.0 Å². The van der Waals surface area contributed by atoms with Gasteiger partial charge in [0.15, 0.2) is 11.6 Å². The van der Waals surface area contributed by atoms with E-state index >= 15 is 0 Å². The van der Waals surface area contributed by atoms with Crippen LogP contribution in [0.15, 0.2) is 23.4 Å². The first-order valence-electron chi connectivity index (χ1n) is 11.2. The Kier molecular flexibility index (Phi) is 4.11. The Morgan fingerprint density at radius 2 is 1.90 bits per heavy atom. The van der Waals surface area contributed by atoms with Crippen molar-refractivity contribution < 1.29 is 9.59 Å². The minimum absolute atomic E-state index is 0.160. The van der Waals surface area contributed by atoms with Crippen molar-refractivity contribution in [3.05, 3.63) is 34.7 Å². The molecule has 0 aromatic carbocycles. The van der Waals surface area contributed by atoms with Gasteiger partial charge in [-0.3, -0.25) is 14.3 Å². The Labute approximate surface area is 173 Å². The number of aryl methyl sites for hydroxylation is 1. The highest BCUT2D eigenvalue weighted by Gasteiger charge is 2.60. The molecule has 29 heavy (non-hydrogen) atoms. The minimum atomic E-state index is -0.217. The summed E-state index contributed by atoms with van der Waals surface area (Å²) in [5.41, 5.74) is 4.51. The van der Waals surface area contributed by atoms with Crippen LogP contribution in [0.2, 0.25) is 0 Å². The molecular weight excluding hydrogens is 360 g/mol. The van der Waals surface area contributed by atoms with Crippen molar-refractivity contribution in [2.45, 2.75) is 65.7 Å². The zero-order valence-electron chi connectivity index (χ0n) is 18.1. The molecule has 0 amide bonds. The number of rotatable bonds is 1. The number of hydrogen-bond donors (Lipinski definition) is 0. The Morgan fingerprint density at radius 3 is 2.62 bits per heavy atom. The number of ketones is 2. The van der Waals surface area contributed by atoms with E-state index in [-0.39, 0.29) is 10.8 Å². The molecule has 4 aliphatic rings. The van der Waals surface area contributed by atoms with Gasteiger partial charge in [-0.2, -0.15) is 5.10 Å². The fraction of sp³-hybridized carbons (Fsp3) is 0.640. The third-order valence-electron chi connectivity index (χ3n) is 9.20. The highest BCUT2D eigenvalue weighted by atomic mass is 16.1. The summed E-state index contributed by atoms with van der Waals surface area (Å²) in [5, 5.41) is 4.34. The maximum absolute atomic E-state index is 13.5. The lowest BCUT2D eigenvalue weighted by atomic mass is 9.47. The van der Waals surface area contributed by atoms with Crippen LogP contribution < -0.4 is 0 Å². The molecule has 1 aromatic rings. The topological polar surface area (TPSA) is 52.0 Å². The summed E-state index contributed by atoms with van der Waals surface area (Å²) >= 11 is 0. The molecule has 5 rings (SSSR count). The fourth-order valence-electron chi connectivity index (χ4n) is 7.20. The van der Waals surface area contributed by atoms with Crippen LogP contribution >= 0.6 is 0 Å². The van der Waals surface area contributed by atoms with Crippen LogP contribution in [-0.4, -0.2) is 21.3 Å². The number of carbonyl (C=O) groups excluding carboxylic acids is 2. The number of hydrogen-bond acceptors (Lipinski definition) is 3. The van der Waals surface area contributed by atoms with Gasteiger partial charge in [-0.05, 0) is 86.3 Å². The van der Waals surface area contributed by atoms with Gasteiger partial charge in [-0.25, -0.2) is 0 Å². The number of fused-ring (bicyclic) bond motifs is 5. The molecule has 0 unspecified atom stereocenters. The lowest BCUT2D eigenvalue weighted by Gasteiger charge is -2.56. The lowest BCUT2D eigenvalue weighted by Crippen LogP contribution is -2.50. The summed E-state index contributed by atoms with van der Waals surface area (Å²) in [5.74, 6) is 2.32. The van der Waals surface area contributed by atoms with Crippen molar-refractivity contribution in [2.24, 2.45) is 35.6 Å². The van der Waals surface area contributed by atoms with Crippen LogP contribution in [0.3, 0.4) is 0 Å². The summed E-state index contributed by atoms with van der Waals surface area (Å²) in [6, 6.07) is 0. The largest absolute Gasteiger partial charge is 0.295 e. The Hall–Kier alpha value is -1.97. The SMILES string of the molecule is Cc1c(/C=C2\C[C@@H]3[C@H]4CCC5=CC(=O)CC[C@]5(C)[C@@H]4CC[C@@]3(C)C2=O)cnn1C. The average molecular weight is 393 g/mol. The van der Waals surface area contributed by atoms with Gasteiger partial charge in [0.1, 0.15) is 0 Å². The van der Waals surface area contributed by atoms with Crippen LogP contribution in [0, 0.1) is 35.5 Å². The molecule has 0 aliphatic heterocycles. The predicted octanol–water partition coefficient (Wildman–Crippen LogP) is 4.82. The first-order chi connectivity index (χ1) is 13.7. The summed E-state index contributed by atoms with van der Waals surface area (Å²) in [4.78, 5) is 25.5. The van der Waals surface area contributed by atoms with Crippen LogP contribution in [0.4, 0.5) is 0 Å². The minimum Gasteiger partial charge on any atom is -0.295 e. The first kappa shape index (κ1) is 19.0. The van der Waals surface area contributed by atoms with E-state index in [4.69, 9.17) is 0 Å². The molecule has 1 heterocycles. The Morgan fingerprint density at radius 1 is 1.10 bits per heavy atom. The molecule has 4 aliphatic carbocycles. The van der Waals surface area contributed by atoms with E-state index in [2.05, 4.69) is 31.9 Å². The normalized spacial score (nSPS) is 40.5. The van der Waals surface area contributed by atoms with Gasteiger partial charge in [0.05, 0.1) is 6.20 Å². The first-order valence-corrected chi connectivity index (χ1v) is 11.2. The average Bonchev–Trinajstić information content (AvgIpc) is 3.14. The number of aromatic nitrogens is 2. The Balaban J connectivity index is 1.49. The molecule has 5 atom stereocenters. The van der Waals surface area contributed by atoms with E-state index in [0.29, 0.717) is 35.7 Å². The van der Waals surface area contributed by atoms with Gasteiger partial charge in [0, 0.05) is 30.1 Å². The monoisotopic (exact) mass is 392 g/mol. The van der Waals surface area contributed by atoms with Crippen LogP contribution in [0.1, 0.15) is 70.1 Å². The second-order valence-electron chi connectivity index (χ2n) is 10.4. The highest BCUT2D eigenvalue weighted by Crippen LogP contribution is 2.65. The second-order valence-corrected chi connectivity index (χ2v) is 10.4. The third kappa shape index (κ3) is 2.60. The number of carbonyl (C=O) groups is 2. The van der Waals surface area contributed by atoms with Gasteiger partial charge in [0.25, 0.3) is 0 Å². The standard InChI is InChI=1S/C25H32N2O2/c1-15-17(14-26-27(15)4)11-16-12-22-20-6-5-18-13-19(28)7-9-24(18,2)21(20)8-10-25(22,3)23(16)29/h11,13-14,20-22H,5-10,12H2,1-4H3/b16-11+/t20-,21+,22+,24-,25+/m0/s1. The summed E-state index contributed by atoms with van der Waals surface area (Å²) in [7, 11) is 1.95. The zero-order chi connectivity index (χ0) is 20.6. The second kappa shape index (κ2) is 6.26. The molecule has 4 nitrogen and oxygen atoms in total. The summed E-state index contributed by atoms with van der Waals surface area (Å²) in [6.45, 7) is 6.69. The van der Waals surface area contributed by atoms with Gasteiger partial charge in [0.2, 0.25) is 0 Å². The molecule has 0 saturated heterocycles. The van der Waals surface area contributed by atoms with E-state index in [9.17, 15) is 9.59 Å². The fourth-order valence-corrected chi connectivity index (χ4v) is 7.20. The van der Waals surface area contributed by atoms with Gasteiger partial charge < -0.3 is 0 Å². The molecule has 3 fully saturated rings. The lowest BCUT2D eigenvalue weighted by molar-refractivity contribution is -0.130. The molecule has 0 radical (unpaired) electrons. The molecular formula is C25H32N2O2. The Bertz CT molecular complexity index is 967. The van der Waals surface area contributed by atoms with E-state index in [1.165, 1.54) is 5.57 Å². The highest BCUT2D eigenvalue weighted by molar-refractivity contribution is 6.06. The predicted molar refractivity (Wildman–Crippen MR) is 113 cm³/mol. The molecule has 1 aromatic heterocycles. The quantitative estimate of drug-likeness (QED) is 0.644. The molecule has 0 spiro atoms. The zero-order valence-corrected chi connectivity index (χ0v) is 18.1. The van der Waals surface area contributed by atoms with Gasteiger partial charge in [-0.15, -0.1) is 0 Å². The summed E-state index contributed by atoms with van der Waals surface area (Å²) in [6.07, 6.45) is 12.8. The van der Waals surface area contributed by atoms with Crippen LogP contribution in [-0.2, 0) is 16.6 Å². The van der Waals surface area contributed by atoms with Gasteiger partial charge >= 0.3 is 0 Å². The molecule has 3 saturated carbocycles. The van der Waals surface area contributed by atoms with E-state index in [0.717, 1.165) is 55.4 Å². The molecule has 0 bridgehead atoms. The van der Waals surface area contributed by atoms with E-state index < -0.39 is 0 Å². The molecule has 154 valence electrons. The van der Waals surface area contributed by atoms with E-state index in [1.54, 1.807) is 0 Å². The van der Waals surface area contributed by atoms with Crippen molar-refractivity contribution in [2.75, 3.05) is 0 Å². The van der Waals surface area contributed by atoms with Crippen molar-refractivity contribution in [3.8, 4) is 0 Å². The van der Waals surface area contributed by atoms with Crippen LogP contribution in [0.5, 0.6) is 0 Å². The number of allylic oxidation sites excluding steroid dienone is 2. The maximum atomic E-state index is 13.5. The van der Waals surface area contributed by atoms with Crippen LogP contribution in [0.25, 0.3) is 6.08 Å². The van der Waals surface area contributed by atoms with Crippen molar-refractivity contribution in [1.82, 2.24) is 9.78 Å². The van der Waals surface area contributed by atoms with Gasteiger partial charge in [-0.1, -0.05) is 19.4 Å². The molecule has 4 heteroatoms. The molecule has 0 N–H and O–H groups in total. The summed E-state index contributed by atoms with van der Waals surface area (Å²) < 4.78 is 1.87. The van der Waals surface area contributed by atoms with Crippen molar-refractivity contribution in [3.63, 3.8) is 0 Å². The number of Topliss-reactive ketones (excluding diaryl/α,β-unsaturated/α-hetero) is 1. The number of nitrogens with zero attached hydrogens (tertiary/aromatic N) is 2. The van der Waals surface area contributed by atoms with Crippen molar-refractivity contribution >= 4 is 17.6 Å². The third-order valence-corrected chi connectivity index (χ3v) is 9.20. The van der Waals surface area contributed by atoms with Crippen molar-refractivity contribution in [1.29, 1.82) is 0 Å².